The first-order valence-corrected chi connectivity index (χ1v) is 13.0. The molecular formula is C28H20N4O7S. The monoisotopic (exact) mass is 556 g/mol. The van der Waals surface area contributed by atoms with Crippen LogP contribution < -0.4 is 19.6 Å². The Hall–Kier alpha value is -5.10. The van der Waals surface area contributed by atoms with E-state index in [1.54, 1.807) is 11.7 Å². The average Bonchev–Trinajstić information content (AvgIpc) is 3.26. The van der Waals surface area contributed by atoms with E-state index in [0.717, 1.165) is 57.9 Å². The van der Waals surface area contributed by atoms with Crippen LogP contribution in [0.15, 0.2) is 76.0 Å². The molecule has 2 heterocycles. The number of phenolic OH excluding ortho intramolecular Hbond substituents is 1. The van der Waals surface area contributed by atoms with Gasteiger partial charge in [-0.2, -0.15) is 0 Å². The predicted octanol–water partition coefficient (Wildman–Crippen LogP) is 3.85. The van der Waals surface area contributed by atoms with E-state index in [9.17, 15) is 30.1 Å². The minimum Gasteiger partial charge on any atom is -0.497 e. The van der Waals surface area contributed by atoms with Crippen molar-refractivity contribution < 1.29 is 19.7 Å². The number of methoxy groups -OCH3 is 1. The number of nitrogens with zero attached hydrogens (tertiary/aromatic N) is 4. The second kappa shape index (κ2) is 9.58. The molecular weight excluding hydrogens is 536 g/mol. The van der Waals surface area contributed by atoms with Crippen LogP contribution in [0.4, 0.5) is 11.4 Å². The van der Waals surface area contributed by atoms with Gasteiger partial charge in [-0.05, 0) is 41.7 Å². The fourth-order valence-corrected chi connectivity index (χ4v) is 6.33. The summed E-state index contributed by atoms with van der Waals surface area (Å²) in [5, 5.41) is 32.9. The number of benzene rings is 3. The number of para-hydroxylation sites is 1. The third-order valence-electron chi connectivity index (χ3n) is 7.09. The summed E-state index contributed by atoms with van der Waals surface area (Å²) >= 11 is 1.08. The fourth-order valence-electron chi connectivity index (χ4n) is 5.33. The smallest absolute Gasteiger partial charge is 0.318 e. The number of nitro benzene ring substituents is 2. The number of ether oxygens (including phenoxy) is 1. The van der Waals surface area contributed by atoms with Gasteiger partial charge in [-0.1, -0.05) is 53.8 Å². The largest absolute Gasteiger partial charge is 0.497 e. The van der Waals surface area contributed by atoms with E-state index in [0.29, 0.717) is 17.0 Å². The van der Waals surface area contributed by atoms with E-state index in [1.165, 1.54) is 6.08 Å². The maximum absolute atomic E-state index is 13.9. The van der Waals surface area contributed by atoms with Gasteiger partial charge in [0.1, 0.15) is 5.75 Å². The van der Waals surface area contributed by atoms with Crippen LogP contribution in [0.5, 0.6) is 11.5 Å². The first-order chi connectivity index (χ1) is 19.3. The number of hydrogen-bond donors (Lipinski definition) is 1. The summed E-state index contributed by atoms with van der Waals surface area (Å²) in [5.41, 5.74) is 2.68. The number of hydrogen-bond acceptors (Lipinski definition) is 9. The van der Waals surface area contributed by atoms with Crippen LogP contribution >= 0.6 is 11.3 Å². The van der Waals surface area contributed by atoms with Crippen LogP contribution in [0.2, 0.25) is 0 Å². The quantitative estimate of drug-likeness (QED) is 0.290. The van der Waals surface area contributed by atoms with Crippen molar-refractivity contribution in [2.45, 2.75) is 18.9 Å². The van der Waals surface area contributed by atoms with Crippen molar-refractivity contribution in [1.82, 2.24) is 4.57 Å². The highest BCUT2D eigenvalue weighted by atomic mass is 32.1. The van der Waals surface area contributed by atoms with Crippen molar-refractivity contribution in [3.63, 3.8) is 0 Å². The molecule has 0 saturated carbocycles. The van der Waals surface area contributed by atoms with E-state index < -0.39 is 38.6 Å². The number of allylic oxidation sites excluding steroid dienone is 1. The maximum Gasteiger partial charge on any atom is 0.318 e. The lowest BCUT2D eigenvalue weighted by Crippen LogP contribution is -2.39. The van der Waals surface area contributed by atoms with Gasteiger partial charge in [0, 0.05) is 23.3 Å². The minimum atomic E-state index is -1.05. The summed E-state index contributed by atoms with van der Waals surface area (Å²) in [7, 11) is 1.57. The average molecular weight is 557 g/mol. The van der Waals surface area contributed by atoms with Gasteiger partial charge < -0.3 is 9.84 Å². The fraction of sp³-hybridized carbons (Fsp3) is 0.143. The van der Waals surface area contributed by atoms with Gasteiger partial charge in [0.05, 0.1) is 33.2 Å². The van der Waals surface area contributed by atoms with Crippen LogP contribution in [-0.4, -0.2) is 26.6 Å². The lowest BCUT2D eigenvalue weighted by molar-refractivity contribution is -0.396. The summed E-state index contributed by atoms with van der Waals surface area (Å²) in [6.45, 7) is 0. The second-order valence-corrected chi connectivity index (χ2v) is 10.3. The molecule has 1 N–H and O–H groups in total. The Morgan fingerprint density at radius 3 is 2.42 bits per heavy atom. The zero-order valence-corrected chi connectivity index (χ0v) is 21.8. The van der Waals surface area contributed by atoms with Crippen LogP contribution in [0.25, 0.3) is 11.8 Å². The molecule has 2 aliphatic rings. The minimum absolute atomic E-state index is 0.0319. The van der Waals surface area contributed by atoms with Gasteiger partial charge in [-0.15, -0.1) is 0 Å². The normalized spacial score (nSPS) is 16.0. The zero-order chi connectivity index (χ0) is 28.1. The first kappa shape index (κ1) is 25.2. The van der Waals surface area contributed by atoms with E-state index in [2.05, 4.69) is 6.07 Å². The Labute approximate surface area is 229 Å². The molecule has 1 aliphatic heterocycles. The standard InChI is InChI=1S/C28H20N4O7S/c1-39-22-9-5-4-8-18(22)25-19-11-10-16-6-2-3-7-17(16)24(19)29-28-30(25)27(34)23(40-28)14-15-12-20(31(35)36)26(33)21(13-15)32(37)38/h2-9,12-14,25,33H,10-11H2,1H3/b23-14-/t25-/m0/s1. The number of aromatic nitrogens is 1. The lowest BCUT2D eigenvalue weighted by Gasteiger charge is -2.31. The molecule has 6 rings (SSSR count). The van der Waals surface area contributed by atoms with E-state index in [4.69, 9.17) is 9.73 Å². The van der Waals surface area contributed by atoms with Crippen molar-refractivity contribution in [3.05, 3.63) is 128 Å². The third-order valence-corrected chi connectivity index (χ3v) is 8.07. The third kappa shape index (κ3) is 3.96. The highest BCUT2D eigenvalue weighted by molar-refractivity contribution is 7.07. The van der Waals surface area contributed by atoms with Crippen LogP contribution in [-0.2, 0) is 6.42 Å². The van der Waals surface area contributed by atoms with Crippen molar-refractivity contribution in [2.75, 3.05) is 7.11 Å². The first-order valence-electron chi connectivity index (χ1n) is 12.2. The highest BCUT2D eigenvalue weighted by Crippen LogP contribution is 2.43. The molecule has 1 aromatic heterocycles. The molecule has 12 heteroatoms. The van der Waals surface area contributed by atoms with Gasteiger partial charge in [0.25, 0.3) is 11.3 Å². The molecule has 1 aliphatic carbocycles. The summed E-state index contributed by atoms with van der Waals surface area (Å²) in [6, 6.07) is 16.9. The summed E-state index contributed by atoms with van der Waals surface area (Å²) in [6.07, 6.45) is 2.80. The van der Waals surface area contributed by atoms with Gasteiger partial charge in [0.15, 0.2) is 4.80 Å². The van der Waals surface area contributed by atoms with Gasteiger partial charge in [0.2, 0.25) is 0 Å². The molecule has 0 radical (unpaired) electrons. The Bertz CT molecular complexity index is 1920. The zero-order valence-electron chi connectivity index (χ0n) is 20.9. The number of rotatable bonds is 5. The summed E-state index contributed by atoms with van der Waals surface area (Å²) in [5.74, 6) is -0.435. The predicted molar refractivity (Wildman–Crippen MR) is 147 cm³/mol. The van der Waals surface area contributed by atoms with Crippen LogP contribution in [0.3, 0.4) is 0 Å². The van der Waals surface area contributed by atoms with Crippen molar-refractivity contribution in [2.24, 2.45) is 4.99 Å². The van der Waals surface area contributed by atoms with E-state index in [1.807, 2.05) is 42.5 Å². The summed E-state index contributed by atoms with van der Waals surface area (Å²) in [4.78, 5) is 40.3. The van der Waals surface area contributed by atoms with Gasteiger partial charge in [-0.25, -0.2) is 4.99 Å². The molecule has 3 aromatic carbocycles. The van der Waals surface area contributed by atoms with Crippen molar-refractivity contribution in [3.8, 4) is 11.5 Å². The molecule has 0 amide bonds. The molecule has 0 bridgehead atoms. The molecule has 11 nitrogen and oxygen atoms in total. The number of phenols is 1. The number of aromatic hydroxyl groups is 1. The SMILES string of the molecule is COc1ccccc1[C@H]1C2=C(N=c3s/c(=C\c4cc([N+](=O)[O-])c(O)c([N+](=O)[O-])c4)c(=O)n31)c1ccccc1CC2. The van der Waals surface area contributed by atoms with E-state index in [-0.39, 0.29) is 10.1 Å². The molecule has 200 valence electrons. The number of thiazole rings is 1. The number of aryl methyl sites for hydroxylation is 1. The van der Waals surface area contributed by atoms with Crippen molar-refractivity contribution in [1.29, 1.82) is 0 Å². The van der Waals surface area contributed by atoms with Crippen molar-refractivity contribution >= 4 is 34.5 Å². The highest BCUT2D eigenvalue weighted by Gasteiger charge is 2.34. The molecule has 4 aromatic rings. The van der Waals surface area contributed by atoms with Gasteiger partial charge >= 0.3 is 11.4 Å². The Balaban J connectivity index is 1.63. The molecule has 1 atom stereocenters. The van der Waals surface area contributed by atoms with Crippen LogP contribution in [0.1, 0.15) is 34.7 Å². The van der Waals surface area contributed by atoms with Crippen LogP contribution in [0, 0.1) is 20.2 Å². The molecule has 0 unspecified atom stereocenters. The Kier molecular flexibility index (Phi) is 6.03. The second-order valence-electron chi connectivity index (χ2n) is 9.28. The summed E-state index contributed by atoms with van der Waals surface area (Å²) < 4.78 is 7.43. The number of fused-ring (bicyclic) bond motifs is 3. The topological polar surface area (TPSA) is 150 Å². The maximum atomic E-state index is 13.9. The Morgan fingerprint density at radius 1 is 1.05 bits per heavy atom. The Morgan fingerprint density at radius 2 is 1.73 bits per heavy atom. The van der Waals surface area contributed by atoms with E-state index >= 15 is 0 Å². The number of nitro groups is 2. The molecule has 0 saturated heterocycles. The lowest BCUT2D eigenvalue weighted by atomic mass is 9.83. The molecule has 0 spiro atoms. The van der Waals surface area contributed by atoms with Gasteiger partial charge in [-0.3, -0.25) is 29.6 Å². The molecule has 40 heavy (non-hydrogen) atoms. The molecule has 0 fully saturated rings.